The number of thioether (sulfide) groups is 1. The number of carbonyl (C=O) groups is 1. The van der Waals surface area contributed by atoms with Crippen molar-refractivity contribution in [1.82, 2.24) is 19.7 Å². The Balaban J connectivity index is 1.25. The molecule has 206 valence electrons. The summed E-state index contributed by atoms with van der Waals surface area (Å²) in [7, 11) is 0. The molecule has 4 aliphatic rings. The van der Waals surface area contributed by atoms with Crippen molar-refractivity contribution in [2.45, 2.75) is 82.7 Å². The zero-order valence-electron chi connectivity index (χ0n) is 22.9. The van der Waals surface area contributed by atoms with Crippen LogP contribution in [0.1, 0.15) is 62.9 Å². The molecule has 2 aromatic heterocycles. The lowest BCUT2D eigenvalue weighted by atomic mass is 9.45. The second-order valence-electron chi connectivity index (χ2n) is 12.5. The van der Waals surface area contributed by atoms with Crippen molar-refractivity contribution in [2.75, 3.05) is 12.3 Å². The van der Waals surface area contributed by atoms with Gasteiger partial charge in [0.2, 0.25) is 6.54 Å². The summed E-state index contributed by atoms with van der Waals surface area (Å²) in [4.78, 5) is 25.8. The lowest BCUT2D eigenvalue weighted by Crippen LogP contribution is -2.62. The first kappa shape index (κ1) is 26.7. The summed E-state index contributed by atoms with van der Waals surface area (Å²) in [6.07, 6.45) is 9.67. The van der Waals surface area contributed by atoms with Gasteiger partial charge >= 0.3 is 0 Å². The highest BCUT2D eigenvalue weighted by atomic mass is 32.2. The SMILES string of the molecule is [C-]#[N+]CCn1ncc2c1C=C1CCC3C(C(O)CC4(C)C3CC[C@]4(O)C(=O)CSc3nccc(C)n3)C1(C)C2. The third-order valence-electron chi connectivity index (χ3n) is 10.6. The third-order valence-corrected chi connectivity index (χ3v) is 11.5. The highest BCUT2D eigenvalue weighted by Gasteiger charge is 2.68. The Labute approximate surface area is 234 Å². The molecule has 3 saturated carbocycles. The van der Waals surface area contributed by atoms with E-state index in [9.17, 15) is 15.0 Å². The van der Waals surface area contributed by atoms with E-state index in [1.807, 2.05) is 30.8 Å². The smallest absolute Gasteiger partial charge is 0.234 e. The average Bonchev–Trinajstić information content (AvgIpc) is 3.41. The minimum Gasteiger partial charge on any atom is -0.393 e. The Morgan fingerprint density at radius 2 is 2.15 bits per heavy atom. The van der Waals surface area contributed by atoms with Gasteiger partial charge in [-0.25, -0.2) is 16.5 Å². The number of fused-ring (bicyclic) bond motifs is 6. The minimum absolute atomic E-state index is 0.0721. The zero-order valence-corrected chi connectivity index (χ0v) is 23.7. The molecule has 0 bridgehead atoms. The summed E-state index contributed by atoms with van der Waals surface area (Å²) < 4.78 is 1.95. The van der Waals surface area contributed by atoms with E-state index in [0.29, 0.717) is 31.1 Å². The van der Waals surface area contributed by atoms with Crippen LogP contribution in [0.25, 0.3) is 10.9 Å². The van der Waals surface area contributed by atoms with Gasteiger partial charge in [-0.2, -0.15) is 5.10 Å². The molecule has 2 N–H and O–H groups in total. The number of hydrogen-bond donors (Lipinski definition) is 2. The molecule has 0 amide bonds. The van der Waals surface area contributed by atoms with Crippen molar-refractivity contribution in [3.05, 3.63) is 52.4 Å². The second-order valence-corrected chi connectivity index (χ2v) is 13.5. The van der Waals surface area contributed by atoms with Crippen LogP contribution in [0.2, 0.25) is 0 Å². The number of ketones is 1. The van der Waals surface area contributed by atoms with Gasteiger partial charge in [0.05, 0.1) is 23.7 Å². The fourth-order valence-electron chi connectivity index (χ4n) is 8.77. The summed E-state index contributed by atoms with van der Waals surface area (Å²) >= 11 is 1.28. The normalized spacial score (nSPS) is 36.7. The molecule has 8 nitrogen and oxygen atoms in total. The zero-order chi connectivity index (χ0) is 27.6. The molecule has 4 aliphatic carbocycles. The van der Waals surface area contributed by atoms with Crippen LogP contribution in [0, 0.1) is 42.1 Å². The van der Waals surface area contributed by atoms with Crippen molar-refractivity contribution < 1.29 is 15.0 Å². The van der Waals surface area contributed by atoms with Gasteiger partial charge in [-0.05, 0) is 86.3 Å². The van der Waals surface area contributed by atoms with E-state index in [-0.39, 0.29) is 34.7 Å². The van der Waals surface area contributed by atoms with E-state index >= 15 is 0 Å². The Kier molecular flexibility index (Phi) is 6.52. The van der Waals surface area contributed by atoms with Crippen molar-refractivity contribution in [3.8, 4) is 0 Å². The number of nitrogens with zero attached hydrogens (tertiary/aromatic N) is 5. The van der Waals surface area contributed by atoms with E-state index in [0.717, 1.165) is 37.1 Å². The molecule has 2 heterocycles. The Hall–Kier alpha value is -2.54. The van der Waals surface area contributed by atoms with Gasteiger partial charge in [-0.15, -0.1) is 0 Å². The van der Waals surface area contributed by atoms with Gasteiger partial charge in [0.15, 0.2) is 10.9 Å². The monoisotopic (exact) mass is 547 g/mol. The molecule has 3 fully saturated rings. The van der Waals surface area contributed by atoms with E-state index in [1.54, 1.807) is 6.20 Å². The molecule has 0 aromatic carbocycles. The van der Waals surface area contributed by atoms with Crippen LogP contribution in [0.4, 0.5) is 0 Å². The maximum Gasteiger partial charge on any atom is 0.234 e. The maximum atomic E-state index is 13.6. The number of aliphatic hydroxyl groups excluding tert-OH is 1. The molecular formula is C30H37N5O3S. The van der Waals surface area contributed by atoms with E-state index in [4.69, 9.17) is 6.57 Å². The summed E-state index contributed by atoms with van der Waals surface area (Å²) in [6.45, 7) is 14.4. The fraction of sp³-hybridized carbons (Fsp3) is 0.633. The molecule has 0 spiro atoms. The molecule has 39 heavy (non-hydrogen) atoms. The van der Waals surface area contributed by atoms with Crippen LogP contribution in [-0.4, -0.2) is 59.7 Å². The standard InChI is InChI=1S/C30H37N5O3S/c1-18-8-10-32-27(34-18)39-17-25(37)30(38)9-7-22-21-6-5-20-13-23-19(16-33-35(23)12-11-31-4)14-28(20,2)26(21)24(36)15-29(22,30)3/h8,10,13,16,21-22,24,26,36,38H,5-7,9,11-12,14-15,17H2,1-3H3/t21?,22?,24?,26?,28?,29?,30-/m0/s1. The highest BCUT2D eigenvalue weighted by Crippen LogP contribution is 2.67. The van der Waals surface area contributed by atoms with Crippen molar-refractivity contribution in [2.24, 2.45) is 28.6 Å². The first-order valence-electron chi connectivity index (χ1n) is 14.1. The van der Waals surface area contributed by atoms with Crippen LogP contribution in [0.15, 0.2) is 29.2 Å². The number of allylic oxidation sites excluding steroid dienone is 1. The minimum atomic E-state index is -1.46. The fourth-order valence-corrected chi connectivity index (χ4v) is 9.61. The number of aryl methyl sites for hydroxylation is 1. The molecule has 6 unspecified atom stereocenters. The topological polar surface area (TPSA) is 105 Å². The van der Waals surface area contributed by atoms with Crippen LogP contribution in [-0.2, 0) is 17.8 Å². The van der Waals surface area contributed by atoms with Gasteiger partial charge in [0, 0.05) is 17.3 Å². The van der Waals surface area contributed by atoms with E-state index < -0.39 is 17.1 Å². The van der Waals surface area contributed by atoms with Crippen LogP contribution < -0.4 is 0 Å². The summed E-state index contributed by atoms with van der Waals surface area (Å²) in [5.74, 6) is 0.445. The maximum absolute atomic E-state index is 13.6. The van der Waals surface area contributed by atoms with Crippen molar-refractivity contribution in [1.29, 1.82) is 0 Å². The van der Waals surface area contributed by atoms with Gasteiger partial charge in [-0.3, -0.25) is 9.48 Å². The number of rotatable bonds is 6. The molecule has 6 rings (SSSR count). The third kappa shape index (κ3) is 4.01. The van der Waals surface area contributed by atoms with E-state index in [1.165, 1.54) is 22.9 Å². The van der Waals surface area contributed by atoms with Gasteiger partial charge in [0.25, 0.3) is 0 Å². The van der Waals surface area contributed by atoms with Crippen LogP contribution in [0.3, 0.4) is 0 Å². The van der Waals surface area contributed by atoms with Crippen molar-refractivity contribution in [3.63, 3.8) is 0 Å². The molecule has 0 radical (unpaired) electrons. The number of carbonyl (C=O) groups excluding carboxylic acids is 1. The summed E-state index contributed by atoms with van der Waals surface area (Å²) in [5.41, 5.74) is 2.19. The second kappa shape index (κ2) is 9.53. The molecular weight excluding hydrogens is 510 g/mol. The highest BCUT2D eigenvalue weighted by molar-refractivity contribution is 7.99. The number of aliphatic hydroxyl groups is 2. The summed E-state index contributed by atoms with van der Waals surface area (Å²) in [6, 6.07) is 1.82. The summed E-state index contributed by atoms with van der Waals surface area (Å²) in [5, 5.41) is 28.9. The lowest BCUT2D eigenvalue weighted by molar-refractivity contribution is -0.177. The van der Waals surface area contributed by atoms with E-state index in [2.05, 4.69) is 32.9 Å². The van der Waals surface area contributed by atoms with Gasteiger partial charge in [-0.1, -0.05) is 31.2 Å². The Bertz CT molecular complexity index is 1380. The quantitative estimate of drug-likeness (QED) is 0.318. The van der Waals surface area contributed by atoms with Gasteiger partial charge < -0.3 is 15.1 Å². The number of hydrogen-bond acceptors (Lipinski definition) is 7. The van der Waals surface area contributed by atoms with Gasteiger partial charge in [0.1, 0.15) is 12.1 Å². The predicted molar refractivity (Wildman–Crippen MR) is 149 cm³/mol. The number of Topliss-reactive ketones (excluding diaryl/α,β-unsaturated/α-hetero) is 1. The molecule has 0 saturated heterocycles. The molecule has 0 aliphatic heterocycles. The first-order chi connectivity index (χ1) is 18.6. The average molecular weight is 548 g/mol. The Morgan fingerprint density at radius 3 is 2.92 bits per heavy atom. The van der Waals surface area contributed by atoms with Crippen LogP contribution in [0.5, 0.6) is 0 Å². The lowest BCUT2D eigenvalue weighted by Gasteiger charge is -2.60. The number of aromatic nitrogens is 4. The molecule has 2 aromatic rings. The largest absolute Gasteiger partial charge is 0.393 e. The molecule has 9 heteroatoms. The Morgan fingerprint density at radius 1 is 1.33 bits per heavy atom. The van der Waals surface area contributed by atoms with Crippen molar-refractivity contribution >= 4 is 23.6 Å². The predicted octanol–water partition coefficient (Wildman–Crippen LogP) is 4.15. The molecule has 7 atom stereocenters. The van der Waals surface area contributed by atoms with Crippen LogP contribution >= 0.6 is 11.8 Å². The first-order valence-corrected chi connectivity index (χ1v) is 15.0.